The first-order valence-corrected chi connectivity index (χ1v) is 11.1. The minimum absolute atomic E-state index is 0.326. The summed E-state index contributed by atoms with van der Waals surface area (Å²) in [7, 11) is 2.95. The molecule has 8 heteroatoms. The third-order valence-electron chi connectivity index (χ3n) is 5.32. The Morgan fingerprint density at radius 1 is 0.970 bits per heavy atom. The lowest BCUT2D eigenvalue weighted by Crippen LogP contribution is -2.30. The Morgan fingerprint density at radius 2 is 1.64 bits per heavy atom. The van der Waals surface area contributed by atoms with Gasteiger partial charge in [-0.1, -0.05) is 30.3 Å². The van der Waals surface area contributed by atoms with E-state index in [1.54, 1.807) is 32.7 Å². The van der Waals surface area contributed by atoms with Crippen LogP contribution >= 0.6 is 11.8 Å². The zero-order chi connectivity index (χ0) is 24.2. The fourth-order valence-corrected chi connectivity index (χ4v) is 4.18. The van der Waals surface area contributed by atoms with Gasteiger partial charge in [0.1, 0.15) is 5.75 Å². The number of thioether (sulfide) groups is 1. The van der Waals surface area contributed by atoms with E-state index in [0.717, 1.165) is 33.8 Å². The quantitative estimate of drug-likeness (QED) is 0.288. The molecule has 1 heterocycles. The number of alkyl halides is 3. The lowest BCUT2D eigenvalue weighted by molar-refractivity contribution is -0.146. The normalized spacial score (nSPS) is 11.8. The second-order valence-corrected chi connectivity index (χ2v) is 8.91. The molecule has 0 spiro atoms. The summed E-state index contributed by atoms with van der Waals surface area (Å²) in [6.07, 6.45) is -3.56. The smallest absolute Gasteiger partial charge is 0.417 e. The summed E-state index contributed by atoms with van der Waals surface area (Å²) in [6, 6.07) is 15.6. The molecular formula is C25H24F3NO3S. The Morgan fingerprint density at radius 3 is 2.18 bits per heavy atom. The van der Waals surface area contributed by atoms with Crippen molar-refractivity contribution < 1.29 is 27.4 Å². The molecule has 0 atom stereocenters. The van der Waals surface area contributed by atoms with Gasteiger partial charge in [-0.05, 0) is 49.2 Å². The van der Waals surface area contributed by atoms with Crippen molar-refractivity contribution in [3.05, 3.63) is 77.5 Å². The van der Waals surface area contributed by atoms with Crippen molar-refractivity contribution >= 4 is 17.7 Å². The number of hydrogen-bond donors (Lipinski definition) is 0. The largest absolute Gasteiger partial charge is 0.496 e. The molecule has 2 aromatic carbocycles. The molecule has 1 aromatic heterocycles. The summed E-state index contributed by atoms with van der Waals surface area (Å²) in [5.41, 5.74) is 1.49. The Balaban J connectivity index is 1.71. The number of nitrogens with zero attached hydrogens (tertiary/aromatic N) is 1. The Bertz CT molecular complexity index is 1110. The molecule has 0 saturated carbocycles. The zero-order valence-electron chi connectivity index (χ0n) is 18.7. The highest BCUT2D eigenvalue weighted by molar-refractivity contribution is 7.98. The van der Waals surface area contributed by atoms with Crippen molar-refractivity contribution in [2.24, 2.45) is 0 Å². The second-order valence-electron chi connectivity index (χ2n) is 7.90. The molecule has 4 nitrogen and oxygen atoms in total. The predicted molar refractivity (Wildman–Crippen MR) is 122 cm³/mol. The summed E-state index contributed by atoms with van der Waals surface area (Å²) in [5.74, 6) is 1.00. The lowest BCUT2D eigenvalue weighted by Gasteiger charge is -2.23. The van der Waals surface area contributed by atoms with Gasteiger partial charge in [0.25, 0.3) is 0 Å². The number of halogens is 3. The van der Waals surface area contributed by atoms with Crippen molar-refractivity contribution in [2.75, 3.05) is 14.2 Å². The minimum Gasteiger partial charge on any atom is -0.496 e. The molecule has 174 valence electrons. The van der Waals surface area contributed by atoms with Crippen LogP contribution in [0, 0.1) is 0 Å². The van der Waals surface area contributed by atoms with E-state index in [2.05, 4.69) is 4.98 Å². The van der Waals surface area contributed by atoms with Gasteiger partial charge < -0.3 is 9.47 Å². The van der Waals surface area contributed by atoms with Crippen molar-refractivity contribution in [2.45, 2.75) is 36.1 Å². The van der Waals surface area contributed by atoms with Crippen LogP contribution in [0.15, 0.2) is 65.7 Å². The topological polar surface area (TPSA) is 48.4 Å². The van der Waals surface area contributed by atoms with Gasteiger partial charge in [-0.3, -0.25) is 9.78 Å². The number of methoxy groups -OCH3 is 2. The molecule has 0 N–H and O–H groups in total. The van der Waals surface area contributed by atoms with E-state index in [1.807, 2.05) is 42.5 Å². The number of carbonyl (C=O) groups excluding carboxylic acids is 1. The van der Waals surface area contributed by atoms with Crippen molar-refractivity contribution in [1.82, 2.24) is 4.98 Å². The molecule has 0 aliphatic carbocycles. The Kier molecular flexibility index (Phi) is 7.37. The van der Waals surface area contributed by atoms with E-state index >= 15 is 0 Å². The van der Waals surface area contributed by atoms with E-state index in [4.69, 9.17) is 9.47 Å². The fourth-order valence-electron chi connectivity index (χ4n) is 3.21. The van der Waals surface area contributed by atoms with Crippen molar-refractivity contribution in [1.29, 1.82) is 0 Å². The Hall–Kier alpha value is -3.00. The SMILES string of the molecule is COC(=O)C(C)(C)c1ccc(SCc2ccc(-c3ccc(C(F)(F)F)cn3)cc2)c(OC)c1. The van der Waals surface area contributed by atoms with Gasteiger partial charge in [-0.2, -0.15) is 13.2 Å². The third-order valence-corrected chi connectivity index (χ3v) is 6.44. The predicted octanol–water partition coefficient (Wildman–Crippen LogP) is 6.52. The molecule has 0 aliphatic heterocycles. The van der Waals surface area contributed by atoms with E-state index in [0.29, 0.717) is 17.2 Å². The highest BCUT2D eigenvalue weighted by atomic mass is 32.2. The fraction of sp³-hybridized carbons (Fsp3) is 0.280. The average Bonchev–Trinajstić information content (AvgIpc) is 2.81. The van der Waals surface area contributed by atoms with Gasteiger partial charge in [-0.15, -0.1) is 11.8 Å². The van der Waals surface area contributed by atoms with Crippen LogP contribution in [0.3, 0.4) is 0 Å². The van der Waals surface area contributed by atoms with E-state index in [1.165, 1.54) is 13.2 Å². The maximum atomic E-state index is 12.7. The first-order valence-electron chi connectivity index (χ1n) is 10.1. The van der Waals surface area contributed by atoms with Crippen LogP contribution in [0.25, 0.3) is 11.3 Å². The molecule has 0 bridgehead atoms. The van der Waals surface area contributed by atoms with Gasteiger partial charge in [0.15, 0.2) is 0 Å². The highest BCUT2D eigenvalue weighted by Crippen LogP contribution is 2.36. The summed E-state index contributed by atoms with van der Waals surface area (Å²) in [6.45, 7) is 3.60. The summed E-state index contributed by atoms with van der Waals surface area (Å²) >= 11 is 1.58. The minimum atomic E-state index is -4.40. The number of benzene rings is 2. The second kappa shape index (κ2) is 9.87. The molecule has 0 saturated heterocycles. The first kappa shape index (κ1) is 24.6. The van der Waals surface area contributed by atoms with E-state index < -0.39 is 17.2 Å². The highest BCUT2D eigenvalue weighted by Gasteiger charge is 2.32. The molecular weight excluding hydrogens is 451 g/mol. The third kappa shape index (κ3) is 5.68. The van der Waals surface area contributed by atoms with Gasteiger partial charge in [0.2, 0.25) is 0 Å². The number of hydrogen-bond acceptors (Lipinski definition) is 5. The van der Waals surface area contributed by atoms with Crippen molar-refractivity contribution in [3.63, 3.8) is 0 Å². The standard InChI is InChI=1S/C25H24F3NO3S/c1-24(2,23(30)32-4)18-10-12-22(21(13-18)31-3)33-15-16-5-7-17(8-6-16)20-11-9-19(14-29-20)25(26,27)28/h5-14H,15H2,1-4H3. The number of esters is 1. The number of rotatable bonds is 7. The first-order chi connectivity index (χ1) is 15.6. The van der Waals surface area contributed by atoms with Crippen LogP contribution in [0.2, 0.25) is 0 Å². The molecule has 0 unspecified atom stereocenters. The molecule has 0 amide bonds. The Labute approximate surface area is 195 Å². The number of ether oxygens (including phenoxy) is 2. The summed E-state index contributed by atoms with van der Waals surface area (Å²) in [5, 5.41) is 0. The number of carbonyl (C=O) groups is 1. The molecule has 3 rings (SSSR count). The number of aromatic nitrogens is 1. The van der Waals surface area contributed by atoms with Gasteiger partial charge >= 0.3 is 12.1 Å². The van der Waals surface area contributed by atoms with E-state index in [9.17, 15) is 18.0 Å². The van der Waals surface area contributed by atoms with Crippen LogP contribution in [-0.2, 0) is 26.9 Å². The molecule has 33 heavy (non-hydrogen) atoms. The lowest BCUT2D eigenvalue weighted by atomic mass is 9.84. The molecule has 0 radical (unpaired) electrons. The van der Waals surface area contributed by atoms with Crippen LogP contribution < -0.4 is 4.74 Å². The van der Waals surface area contributed by atoms with Crippen LogP contribution in [0.1, 0.15) is 30.5 Å². The summed E-state index contributed by atoms with van der Waals surface area (Å²) < 4.78 is 48.6. The van der Waals surface area contributed by atoms with Gasteiger partial charge in [0, 0.05) is 22.4 Å². The van der Waals surface area contributed by atoms with Crippen LogP contribution in [0.4, 0.5) is 13.2 Å². The van der Waals surface area contributed by atoms with Crippen LogP contribution in [-0.4, -0.2) is 25.2 Å². The van der Waals surface area contributed by atoms with Crippen LogP contribution in [0.5, 0.6) is 5.75 Å². The summed E-state index contributed by atoms with van der Waals surface area (Å²) in [4.78, 5) is 17.0. The zero-order valence-corrected chi connectivity index (χ0v) is 19.5. The maximum absolute atomic E-state index is 12.7. The average molecular weight is 476 g/mol. The maximum Gasteiger partial charge on any atom is 0.417 e. The van der Waals surface area contributed by atoms with Gasteiger partial charge in [0.05, 0.1) is 30.9 Å². The molecule has 0 aliphatic rings. The monoisotopic (exact) mass is 475 g/mol. The van der Waals surface area contributed by atoms with Gasteiger partial charge in [-0.25, -0.2) is 0 Å². The molecule has 3 aromatic rings. The number of pyridine rings is 1. The van der Waals surface area contributed by atoms with E-state index in [-0.39, 0.29) is 5.97 Å². The molecule has 0 fully saturated rings. The van der Waals surface area contributed by atoms with Crippen molar-refractivity contribution in [3.8, 4) is 17.0 Å².